The highest BCUT2D eigenvalue weighted by atomic mass is 16.5. The topological polar surface area (TPSA) is 9.23 Å². The maximum absolute atomic E-state index is 6.23. The molecule has 0 fully saturated rings. The van der Waals surface area contributed by atoms with Gasteiger partial charge in [0.05, 0.1) is 12.7 Å². The molecule has 0 saturated heterocycles. The normalized spacial score (nSPS) is 12.7. The van der Waals surface area contributed by atoms with E-state index in [0.29, 0.717) is 6.10 Å². The summed E-state index contributed by atoms with van der Waals surface area (Å²) in [4.78, 5) is 0. The molecule has 0 amide bonds. The summed E-state index contributed by atoms with van der Waals surface area (Å²) in [6.45, 7) is 5.29. The molecule has 26 heavy (non-hydrogen) atoms. The summed E-state index contributed by atoms with van der Waals surface area (Å²) < 4.78 is 6.23. The molecule has 148 valence electrons. The van der Waals surface area contributed by atoms with Gasteiger partial charge in [-0.05, 0) is 31.2 Å². The van der Waals surface area contributed by atoms with Crippen LogP contribution in [0.25, 0.3) is 0 Å². The summed E-state index contributed by atoms with van der Waals surface area (Å²) in [6, 6.07) is 10.6. The van der Waals surface area contributed by atoms with E-state index < -0.39 is 0 Å². The molecule has 0 N–H and O–H groups in total. The second-order valence-electron chi connectivity index (χ2n) is 7.53. The number of hydrogen-bond acceptors (Lipinski definition) is 1. The summed E-state index contributed by atoms with van der Waals surface area (Å²) in [5, 5.41) is 0. The average Bonchev–Trinajstić information content (AvgIpc) is 2.68. The summed E-state index contributed by atoms with van der Waals surface area (Å²) in [6.07, 6.45) is 22.1. The molecule has 1 aromatic carbocycles. The second-order valence-corrected chi connectivity index (χ2v) is 7.53. The zero-order valence-electron chi connectivity index (χ0n) is 17.4. The van der Waals surface area contributed by atoms with Crippen LogP contribution in [0.1, 0.15) is 103 Å². The zero-order valence-corrected chi connectivity index (χ0v) is 17.4. The van der Waals surface area contributed by atoms with Crippen LogP contribution >= 0.6 is 0 Å². The predicted octanol–water partition coefficient (Wildman–Crippen LogP) is 8.24. The van der Waals surface area contributed by atoms with Crippen molar-refractivity contribution in [1.82, 2.24) is 0 Å². The van der Waals surface area contributed by atoms with Gasteiger partial charge in [-0.3, -0.25) is 0 Å². The fourth-order valence-corrected chi connectivity index (χ4v) is 3.26. The lowest BCUT2D eigenvalue weighted by Gasteiger charge is -2.16. The Morgan fingerprint density at radius 3 is 2.15 bits per heavy atom. The van der Waals surface area contributed by atoms with Gasteiger partial charge in [0, 0.05) is 0 Å². The van der Waals surface area contributed by atoms with Gasteiger partial charge in [0.25, 0.3) is 0 Å². The maximum Gasteiger partial charge on any atom is 0.0720 e. The van der Waals surface area contributed by atoms with Crippen LogP contribution in [0.15, 0.2) is 42.5 Å². The standard InChI is InChI=1S/C25H42O/c1-3-5-7-9-10-11-12-13-18-22-25(21-17-8-6-4-2)26-23-24-19-15-14-16-20-24/h13-16,18-20,25H,3-12,17,21-23H2,1-2H3. The van der Waals surface area contributed by atoms with Crippen LogP contribution in [0.2, 0.25) is 0 Å². The van der Waals surface area contributed by atoms with E-state index in [1.54, 1.807) is 0 Å². The first-order valence-electron chi connectivity index (χ1n) is 11.2. The van der Waals surface area contributed by atoms with E-state index in [-0.39, 0.29) is 0 Å². The van der Waals surface area contributed by atoms with Crippen molar-refractivity contribution in [3.63, 3.8) is 0 Å². The van der Waals surface area contributed by atoms with Crippen LogP contribution < -0.4 is 0 Å². The average molecular weight is 359 g/mol. The van der Waals surface area contributed by atoms with E-state index in [2.05, 4.69) is 56.3 Å². The molecule has 0 radical (unpaired) electrons. The lowest BCUT2D eigenvalue weighted by molar-refractivity contribution is 0.0353. The molecule has 0 heterocycles. The molecule has 1 heteroatoms. The van der Waals surface area contributed by atoms with Crippen LogP contribution in [0.4, 0.5) is 0 Å². The summed E-state index contributed by atoms with van der Waals surface area (Å²) in [5.41, 5.74) is 1.28. The molecule has 1 rings (SSSR count). The third-order valence-corrected chi connectivity index (χ3v) is 5.00. The fraction of sp³-hybridized carbons (Fsp3) is 0.680. The van der Waals surface area contributed by atoms with E-state index in [1.165, 1.54) is 82.6 Å². The molecule has 0 aliphatic carbocycles. The largest absolute Gasteiger partial charge is 0.373 e. The molecule has 0 saturated carbocycles. The number of hydrogen-bond donors (Lipinski definition) is 0. The molecule has 0 aliphatic rings. The van der Waals surface area contributed by atoms with Gasteiger partial charge >= 0.3 is 0 Å². The summed E-state index contributed by atoms with van der Waals surface area (Å²) in [5.74, 6) is 0. The van der Waals surface area contributed by atoms with Crippen molar-refractivity contribution < 1.29 is 4.74 Å². The van der Waals surface area contributed by atoms with Crippen molar-refractivity contribution in [2.24, 2.45) is 0 Å². The maximum atomic E-state index is 6.23. The monoisotopic (exact) mass is 358 g/mol. The Kier molecular flexibility index (Phi) is 15.3. The molecule has 0 aromatic heterocycles. The van der Waals surface area contributed by atoms with Gasteiger partial charge in [0.2, 0.25) is 0 Å². The molecule has 0 aliphatic heterocycles. The third kappa shape index (κ3) is 13.2. The first-order chi connectivity index (χ1) is 12.9. The van der Waals surface area contributed by atoms with Gasteiger partial charge in [0.1, 0.15) is 0 Å². The highest BCUT2D eigenvalue weighted by Crippen LogP contribution is 2.15. The van der Waals surface area contributed by atoms with Crippen LogP contribution in [-0.2, 0) is 11.3 Å². The van der Waals surface area contributed by atoms with Crippen LogP contribution in [0.5, 0.6) is 0 Å². The lowest BCUT2D eigenvalue weighted by Crippen LogP contribution is -2.12. The number of allylic oxidation sites excluding steroid dienone is 1. The van der Waals surface area contributed by atoms with E-state index in [9.17, 15) is 0 Å². The minimum absolute atomic E-state index is 0.368. The quantitative estimate of drug-likeness (QED) is 0.201. The van der Waals surface area contributed by atoms with E-state index in [4.69, 9.17) is 4.74 Å². The zero-order chi connectivity index (χ0) is 18.7. The molecule has 0 spiro atoms. The summed E-state index contributed by atoms with van der Waals surface area (Å²) in [7, 11) is 0. The van der Waals surface area contributed by atoms with E-state index in [1.807, 2.05) is 0 Å². The third-order valence-electron chi connectivity index (χ3n) is 5.00. The van der Waals surface area contributed by atoms with Crippen LogP contribution in [0, 0.1) is 0 Å². The molecular weight excluding hydrogens is 316 g/mol. The van der Waals surface area contributed by atoms with E-state index in [0.717, 1.165) is 13.0 Å². The number of unbranched alkanes of at least 4 members (excludes halogenated alkanes) is 9. The van der Waals surface area contributed by atoms with E-state index >= 15 is 0 Å². The first kappa shape index (κ1) is 23.0. The van der Waals surface area contributed by atoms with Gasteiger partial charge in [-0.1, -0.05) is 114 Å². The minimum atomic E-state index is 0.368. The SMILES string of the molecule is CCCCCCCCC=CCC(CCCCCC)OCc1ccccc1. The molecule has 1 aromatic rings. The van der Waals surface area contributed by atoms with Gasteiger partial charge in [-0.2, -0.15) is 0 Å². The Morgan fingerprint density at radius 2 is 1.42 bits per heavy atom. The Bertz CT molecular complexity index is 423. The molecule has 0 bridgehead atoms. The van der Waals surface area contributed by atoms with Crippen molar-refractivity contribution in [3.05, 3.63) is 48.0 Å². The van der Waals surface area contributed by atoms with Crippen molar-refractivity contribution in [2.75, 3.05) is 0 Å². The van der Waals surface area contributed by atoms with Gasteiger partial charge in [0.15, 0.2) is 0 Å². The second kappa shape index (κ2) is 17.3. The molecular formula is C25H42O. The van der Waals surface area contributed by atoms with Crippen molar-refractivity contribution in [1.29, 1.82) is 0 Å². The van der Waals surface area contributed by atoms with Gasteiger partial charge in [-0.15, -0.1) is 0 Å². The number of benzene rings is 1. The van der Waals surface area contributed by atoms with Crippen LogP contribution in [-0.4, -0.2) is 6.10 Å². The van der Waals surface area contributed by atoms with Gasteiger partial charge < -0.3 is 4.74 Å². The van der Waals surface area contributed by atoms with Crippen molar-refractivity contribution in [2.45, 2.75) is 110 Å². The van der Waals surface area contributed by atoms with Crippen molar-refractivity contribution >= 4 is 0 Å². The van der Waals surface area contributed by atoms with Gasteiger partial charge in [-0.25, -0.2) is 0 Å². The van der Waals surface area contributed by atoms with Crippen molar-refractivity contribution in [3.8, 4) is 0 Å². The Morgan fingerprint density at radius 1 is 0.769 bits per heavy atom. The Hall–Kier alpha value is -1.08. The van der Waals surface area contributed by atoms with Crippen LogP contribution in [0.3, 0.4) is 0 Å². The first-order valence-corrected chi connectivity index (χ1v) is 11.2. The highest BCUT2D eigenvalue weighted by molar-refractivity contribution is 5.13. The minimum Gasteiger partial charge on any atom is -0.373 e. The fourth-order valence-electron chi connectivity index (χ4n) is 3.26. The molecule has 1 unspecified atom stereocenters. The number of ether oxygens (including phenoxy) is 1. The smallest absolute Gasteiger partial charge is 0.0720 e. The number of rotatable bonds is 17. The Balaban J connectivity index is 2.23. The summed E-state index contributed by atoms with van der Waals surface area (Å²) >= 11 is 0. The molecule has 1 atom stereocenters. The highest BCUT2D eigenvalue weighted by Gasteiger charge is 2.07. The Labute approximate surface area is 163 Å². The molecule has 1 nitrogen and oxygen atoms in total. The predicted molar refractivity (Wildman–Crippen MR) is 116 cm³/mol. The lowest BCUT2D eigenvalue weighted by atomic mass is 10.1.